The molecule has 1 rings (SSSR count). The van der Waals surface area contributed by atoms with E-state index >= 15 is 0 Å². The number of aryl methyl sites for hydroxylation is 1. The van der Waals surface area contributed by atoms with Crippen molar-refractivity contribution >= 4 is 11.8 Å². The van der Waals surface area contributed by atoms with E-state index in [1.807, 2.05) is 32.0 Å². The van der Waals surface area contributed by atoms with Crippen LogP contribution in [0.1, 0.15) is 18.1 Å². The number of ether oxygens (including phenoxy) is 1. The van der Waals surface area contributed by atoms with Crippen molar-refractivity contribution in [1.82, 2.24) is 10.6 Å². The molecule has 0 aliphatic rings. The SMILES string of the molecule is CC(=O)NCCNC(=O)COc1cccc(C)c1C. The minimum Gasteiger partial charge on any atom is -0.483 e. The quantitative estimate of drug-likeness (QED) is 0.751. The molecule has 1 aromatic rings. The maximum absolute atomic E-state index is 11.5. The Bertz CT molecular complexity index is 458. The molecule has 2 N–H and O–H groups in total. The molecule has 0 atom stereocenters. The van der Waals surface area contributed by atoms with Gasteiger partial charge in [-0.05, 0) is 31.0 Å². The van der Waals surface area contributed by atoms with Gasteiger partial charge in [0.1, 0.15) is 5.75 Å². The van der Waals surface area contributed by atoms with Crippen LogP contribution in [0.25, 0.3) is 0 Å². The van der Waals surface area contributed by atoms with E-state index in [0.717, 1.165) is 16.9 Å². The molecular weight excluding hydrogens is 244 g/mol. The molecule has 0 unspecified atom stereocenters. The van der Waals surface area contributed by atoms with E-state index in [1.165, 1.54) is 6.92 Å². The van der Waals surface area contributed by atoms with Gasteiger partial charge in [-0.15, -0.1) is 0 Å². The van der Waals surface area contributed by atoms with Crippen molar-refractivity contribution in [3.8, 4) is 5.75 Å². The minimum absolute atomic E-state index is 0.0234. The summed E-state index contributed by atoms with van der Waals surface area (Å²) in [4.78, 5) is 22.1. The summed E-state index contributed by atoms with van der Waals surface area (Å²) in [7, 11) is 0. The van der Waals surface area contributed by atoms with Crippen LogP contribution < -0.4 is 15.4 Å². The van der Waals surface area contributed by atoms with Gasteiger partial charge in [-0.3, -0.25) is 9.59 Å². The maximum atomic E-state index is 11.5. The van der Waals surface area contributed by atoms with E-state index in [1.54, 1.807) is 0 Å². The third-order valence-corrected chi connectivity index (χ3v) is 2.73. The third kappa shape index (κ3) is 5.42. The van der Waals surface area contributed by atoms with Crippen molar-refractivity contribution in [2.45, 2.75) is 20.8 Å². The molecule has 1 aromatic carbocycles. The number of amides is 2. The lowest BCUT2D eigenvalue weighted by Crippen LogP contribution is -2.36. The molecule has 5 nitrogen and oxygen atoms in total. The second kappa shape index (κ2) is 7.41. The van der Waals surface area contributed by atoms with Crippen LogP contribution in [0.15, 0.2) is 18.2 Å². The Morgan fingerprint density at radius 3 is 2.53 bits per heavy atom. The predicted octanol–water partition coefficient (Wildman–Crippen LogP) is 0.935. The van der Waals surface area contributed by atoms with Crippen LogP contribution in [0.5, 0.6) is 5.75 Å². The molecule has 0 spiro atoms. The van der Waals surface area contributed by atoms with Gasteiger partial charge in [0.25, 0.3) is 5.91 Å². The molecule has 0 saturated carbocycles. The maximum Gasteiger partial charge on any atom is 0.258 e. The first-order valence-corrected chi connectivity index (χ1v) is 6.21. The van der Waals surface area contributed by atoms with Gasteiger partial charge in [-0.25, -0.2) is 0 Å². The fourth-order valence-electron chi connectivity index (χ4n) is 1.52. The van der Waals surface area contributed by atoms with Crippen LogP contribution >= 0.6 is 0 Å². The third-order valence-electron chi connectivity index (χ3n) is 2.73. The highest BCUT2D eigenvalue weighted by atomic mass is 16.5. The summed E-state index contributed by atoms with van der Waals surface area (Å²) in [5, 5.41) is 5.26. The molecule has 0 saturated heterocycles. The number of rotatable bonds is 6. The largest absolute Gasteiger partial charge is 0.483 e. The van der Waals surface area contributed by atoms with Crippen LogP contribution in [0.2, 0.25) is 0 Å². The first-order chi connectivity index (χ1) is 9.00. The smallest absolute Gasteiger partial charge is 0.258 e. The van der Waals surface area contributed by atoms with Gasteiger partial charge in [0.2, 0.25) is 5.91 Å². The Balaban J connectivity index is 2.30. The van der Waals surface area contributed by atoms with Crippen molar-refractivity contribution < 1.29 is 14.3 Å². The zero-order valence-corrected chi connectivity index (χ0v) is 11.6. The number of hydrogen-bond acceptors (Lipinski definition) is 3. The Hall–Kier alpha value is -2.04. The van der Waals surface area contributed by atoms with Gasteiger partial charge in [0.15, 0.2) is 6.61 Å². The highest BCUT2D eigenvalue weighted by Crippen LogP contribution is 2.20. The van der Waals surface area contributed by atoms with Gasteiger partial charge in [-0.2, -0.15) is 0 Å². The summed E-state index contributed by atoms with van der Waals surface area (Å²) in [6, 6.07) is 5.73. The lowest BCUT2D eigenvalue weighted by Gasteiger charge is -2.11. The fraction of sp³-hybridized carbons (Fsp3) is 0.429. The Kier molecular flexibility index (Phi) is 5.85. The van der Waals surface area contributed by atoms with Crippen LogP contribution in [0.4, 0.5) is 0 Å². The number of carbonyl (C=O) groups is 2. The van der Waals surface area contributed by atoms with Gasteiger partial charge in [-0.1, -0.05) is 12.1 Å². The highest BCUT2D eigenvalue weighted by molar-refractivity contribution is 5.77. The van der Waals surface area contributed by atoms with E-state index in [9.17, 15) is 9.59 Å². The van der Waals surface area contributed by atoms with Crippen molar-refractivity contribution in [1.29, 1.82) is 0 Å². The van der Waals surface area contributed by atoms with E-state index < -0.39 is 0 Å². The molecular formula is C14H20N2O3. The molecule has 0 aromatic heterocycles. The van der Waals surface area contributed by atoms with Crippen LogP contribution in [0.3, 0.4) is 0 Å². The topological polar surface area (TPSA) is 67.4 Å². The molecule has 19 heavy (non-hydrogen) atoms. The van der Waals surface area contributed by atoms with Crippen molar-refractivity contribution in [3.63, 3.8) is 0 Å². The van der Waals surface area contributed by atoms with Crippen LogP contribution in [-0.4, -0.2) is 31.5 Å². The summed E-state index contributed by atoms with van der Waals surface area (Å²) in [6.07, 6.45) is 0. The molecule has 0 bridgehead atoms. The van der Waals surface area contributed by atoms with Gasteiger partial charge >= 0.3 is 0 Å². The number of hydrogen-bond donors (Lipinski definition) is 2. The van der Waals surface area contributed by atoms with Crippen LogP contribution in [-0.2, 0) is 9.59 Å². The van der Waals surface area contributed by atoms with Gasteiger partial charge < -0.3 is 15.4 Å². The minimum atomic E-state index is -0.203. The lowest BCUT2D eigenvalue weighted by atomic mass is 10.1. The average molecular weight is 264 g/mol. The van der Waals surface area contributed by atoms with Crippen molar-refractivity contribution in [2.24, 2.45) is 0 Å². The lowest BCUT2D eigenvalue weighted by molar-refractivity contribution is -0.123. The first kappa shape index (κ1) is 15.0. The second-order valence-electron chi connectivity index (χ2n) is 4.32. The van der Waals surface area contributed by atoms with Gasteiger partial charge in [0, 0.05) is 20.0 Å². The van der Waals surface area contributed by atoms with E-state index in [0.29, 0.717) is 13.1 Å². The highest BCUT2D eigenvalue weighted by Gasteiger charge is 2.05. The number of carbonyl (C=O) groups excluding carboxylic acids is 2. The fourth-order valence-corrected chi connectivity index (χ4v) is 1.52. The summed E-state index contributed by atoms with van der Waals surface area (Å²) < 4.78 is 5.46. The predicted molar refractivity (Wildman–Crippen MR) is 73.1 cm³/mol. The monoisotopic (exact) mass is 264 g/mol. The average Bonchev–Trinajstić information content (AvgIpc) is 2.36. The molecule has 0 fully saturated rings. The summed E-state index contributed by atoms with van der Waals surface area (Å²) in [5.41, 5.74) is 2.16. The molecule has 0 heterocycles. The number of benzene rings is 1. The second-order valence-corrected chi connectivity index (χ2v) is 4.32. The van der Waals surface area contributed by atoms with Crippen molar-refractivity contribution in [2.75, 3.05) is 19.7 Å². The van der Waals surface area contributed by atoms with Crippen LogP contribution in [0, 0.1) is 13.8 Å². The van der Waals surface area contributed by atoms with E-state index in [2.05, 4.69) is 10.6 Å². The molecule has 0 aliphatic carbocycles. The Labute approximate surface area is 113 Å². The molecule has 0 aliphatic heterocycles. The number of nitrogens with one attached hydrogen (secondary N) is 2. The molecule has 5 heteroatoms. The van der Waals surface area contributed by atoms with Crippen molar-refractivity contribution in [3.05, 3.63) is 29.3 Å². The van der Waals surface area contributed by atoms with E-state index in [4.69, 9.17) is 4.74 Å². The Morgan fingerprint density at radius 2 is 1.84 bits per heavy atom. The standard InChI is InChI=1S/C14H20N2O3/c1-10-5-4-6-13(11(10)2)19-9-14(18)16-8-7-15-12(3)17/h4-6H,7-9H2,1-3H3,(H,15,17)(H,16,18). The zero-order chi connectivity index (χ0) is 14.3. The van der Waals surface area contributed by atoms with Gasteiger partial charge in [0.05, 0.1) is 0 Å². The Morgan fingerprint density at radius 1 is 1.16 bits per heavy atom. The molecule has 0 radical (unpaired) electrons. The summed E-state index contributed by atoms with van der Waals surface area (Å²) in [6.45, 7) is 6.18. The summed E-state index contributed by atoms with van der Waals surface area (Å²) >= 11 is 0. The van der Waals surface area contributed by atoms with E-state index in [-0.39, 0.29) is 18.4 Å². The molecule has 104 valence electrons. The normalized spacial score (nSPS) is 9.84. The molecule has 2 amide bonds. The zero-order valence-electron chi connectivity index (χ0n) is 11.6. The first-order valence-electron chi connectivity index (χ1n) is 6.21. The summed E-state index contributed by atoms with van der Waals surface area (Å²) in [5.74, 6) is 0.407.